The van der Waals surface area contributed by atoms with Gasteiger partial charge in [-0.05, 0) is 63.1 Å². The number of halogens is 1. The summed E-state index contributed by atoms with van der Waals surface area (Å²) in [6.07, 6.45) is 0.233. The van der Waals surface area contributed by atoms with Crippen molar-refractivity contribution >= 4 is 17.5 Å². The van der Waals surface area contributed by atoms with Crippen LogP contribution in [0.4, 0.5) is 0 Å². The summed E-state index contributed by atoms with van der Waals surface area (Å²) in [6.45, 7) is 8.70. The Morgan fingerprint density at radius 1 is 1.09 bits per heavy atom. The van der Waals surface area contributed by atoms with Crippen molar-refractivity contribution in [2.24, 2.45) is 0 Å². The minimum atomic E-state index is -0.207. The lowest BCUT2D eigenvalue weighted by Crippen LogP contribution is -2.28. The first kappa shape index (κ1) is 25.6. The predicted octanol–water partition coefficient (Wildman–Crippen LogP) is 4.90. The van der Waals surface area contributed by atoms with Gasteiger partial charge in [0.25, 0.3) is 0 Å². The van der Waals surface area contributed by atoms with E-state index in [4.69, 9.17) is 25.8 Å². The van der Waals surface area contributed by atoms with Gasteiger partial charge in [-0.1, -0.05) is 23.7 Å². The van der Waals surface area contributed by atoms with E-state index in [1.165, 1.54) is 0 Å². The van der Waals surface area contributed by atoms with Gasteiger partial charge in [0.2, 0.25) is 5.91 Å². The van der Waals surface area contributed by atoms with Crippen LogP contribution in [0.5, 0.6) is 11.5 Å². The number of methoxy groups -OCH3 is 2. The number of hydrogen-bond acceptors (Lipinski definition) is 5. The lowest BCUT2D eigenvalue weighted by Gasteiger charge is -2.17. The van der Waals surface area contributed by atoms with Crippen molar-refractivity contribution < 1.29 is 19.0 Å². The molecular weight excluding hydrogens is 454 g/mol. The molecule has 1 unspecified atom stereocenters. The highest BCUT2D eigenvalue weighted by atomic mass is 35.5. The normalized spacial score (nSPS) is 11.9. The average Bonchev–Trinajstić information content (AvgIpc) is 3.09. The fourth-order valence-electron chi connectivity index (χ4n) is 3.74. The lowest BCUT2D eigenvalue weighted by atomic mass is 10.1. The molecule has 0 saturated heterocycles. The van der Waals surface area contributed by atoms with Gasteiger partial charge in [0.15, 0.2) is 11.5 Å². The Bertz CT molecular complexity index is 1160. The van der Waals surface area contributed by atoms with E-state index >= 15 is 0 Å². The summed E-state index contributed by atoms with van der Waals surface area (Å²) in [4.78, 5) is 12.9. The van der Waals surface area contributed by atoms with E-state index in [0.29, 0.717) is 29.7 Å². The molecule has 1 N–H and O–H groups in total. The summed E-state index contributed by atoms with van der Waals surface area (Å²) in [5.74, 6) is 1.16. The maximum atomic E-state index is 12.9. The molecule has 3 rings (SSSR count). The van der Waals surface area contributed by atoms with Crippen LogP contribution in [0, 0.1) is 20.8 Å². The Kier molecular flexibility index (Phi) is 8.58. The number of benzene rings is 2. The zero-order chi connectivity index (χ0) is 24.8. The van der Waals surface area contributed by atoms with Crippen molar-refractivity contribution in [1.29, 1.82) is 0 Å². The monoisotopic (exact) mass is 485 g/mol. The number of aromatic nitrogens is 2. The zero-order valence-corrected chi connectivity index (χ0v) is 21.3. The molecule has 182 valence electrons. The predicted molar refractivity (Wildman–Crippen MR) is 133 cm³/mol. The second-order valence-corrected chi connectivity index (χ2v) is 8.62. The highest BCUT2D eigenvalue weighted by Crippen LogP contribution is 2.30. The van der Waals surface area contributed by atoms with Gasteiger partial charge in [-0.2, -0.15) is 5.10 Å². The van der Waals surface area contributed by atoms with Crippen LogP contribution in [0.25, 0.3) is 5.69 Å². The second kappa shape index (κ2) is 11.4. The van der Waals surface area contributed by atoms with Crippen molar-refractivity contribution in [2.75, 3.05) is 27.4 Å². The van der Waals surface area contributed by atoms with E-state index in [9.17, 15) is 4.79 Å². The third-order valence-corrected chi connectivity index (χ3v) is 6.20. The van der Waals surface area contributed by atoms with Gasteiger partial charge < -0.3 is 19.5 Å². The third-order valence-electron chi connectivity index (χ3n) is 5.79. The molecule has 0 fully saturated rings. The second-order valence-electron chi connectivity index (χ2n) is 8.21. The van der Waals surface area contributed by atoms with Gasteiger partial charge in [0, 0.05) is 23.4 Å². The SMILES string of the molecule is COCCOc1ccc(C(C)NC(=O)Cc2c(C)nn(-c3ccc(C)c(Cl)c3)c2C)cc1OC. The van der Waals surface area contributed by atoms with Crippen molar-refractivity contribution in [2.45, 2.75) is 40.2 Å². The van der Waals surface area contributed by atoms with E-state index in [1.54, 1.807) is 14.2 Å². The molecular formula is C26H32ClN3O4. The Balaban J connectivity index is 1.71. The first-order valence-electron chi connectivity index (χ1n) is 11.2. The molecule has 0 aliphatic rings. The summed E-state index contributed by atoms with van der Waals surface area (Å²) in [5.41, 5.74) is 5.43. The Morgan fingerprint density at radius 3 is 2.53 bits per heavy atom. The van der Waals surface area contributed by atoms with Gasteiger partial charge in [-0.3, -0.25) is 4.79 Å². The topological polar surface area (TPSA) is 74.6 Å². The number of amides is 1. The van der Waals surface area contributed by atoms with Gasteiger partial charge in [0.1, 0.15) is 6.61 Å². The molecule has 2 aromatic carbocycles. The number of nitrogens with zero attached hydrogens (tertiary/aromatic N) is 2. The lowest BCUT2D eigenvalue weighted by molar-refractivity contribution is -0.121. The molecule has 7 nitrogen and oxygen atoms in total. The number of ether oxygens (including phenoxy) is 3. The van der Waals surface area contributed by atoms with Crippen molar-refractivity contribution in [1.82, 2.24) is 15.1 Å². The molecule has 0 aliphatic carbocycles. The fourth-order valence-corrected chi connectivity index (χ4v) is 3.91. The first-order valence-corrected chi connectivity index (χ1v) is 11.5. The van der Waals surface area contributed by atoms with Crippen LogP contribution in [0.2, 0.25) is 5.02 Å². The molecule has 1 aromatic heterocycles. The van der Waals surface area contributed by atoms with Crippen molar-refractivity contribution in [3.63, 3.8) is 0 Å². The maximum Gasteiger partial charge on any atom is 0.225 e. The van der Waals surface area contributed by atoms with Crippen LogP contribution in [-0.4, -0.2) is 43.1 Å². The maximum absolute atomic E-state index is 12.9. The largest absolute Gasteiger partial charge is 0.493 e. The van der Waals surface area contributed by atoms with Crippen LogP contribution in [0.1, 0.15) is 41.0 Å². The van der Waals surface area contributed by atoms with Crippen LogP contribution in [0.3, 0.4) is 0 Å². The van der Waals surface area contributed by atoms with Crippen LogP contribution < -0.4 is 14.8 Å². The van der Waals surface area contributed by atoms with E-state index in [0.717, 1.165) is 33.8 Å². The van der Waals surface area contributed by atoms with E-state index in [-0.39, 0.29) is 18.4 Å². The molecule has 1 heterocycles. The van der Waals surface area contributed by atoms with E-state index < -0.39 is 0 Å². The van der Waals surface area contributed by atoms with Crippen LogP contribution in [0.15, 0.2) is 36.4 Å². The highest BCUT2D eigenvalue weighted by Gasteiger charge is 2.19. The molecule has 8 heteroatoms. The minimum absolute atomic E-state index is 0.0837. The minimum Gasteiger partial charge on any atom is -0.493 e. The Morgan fingerprint density at radius 2 is 1.85 bits per heavy atom. The van der Waals surface area contributed by atoms with Crippen LogP contribution in [-0.2, 0) is 16.0 Å². The van der Waals surface area contributed by atoms with Crippen LogP contribution >= 0.6 is 11.6 Å². The fraction of sp³-hybridized carbons (Fsp3) is 0.385. The molecule has 0 radical (unpaired) electrons. The average molecular weight is 486 g/mol. The number of carbonyl (C=O) groups is 1. The summed E-state index contributed by atoms with van der Waals surface area (Å²) in [5, 5.41) is 8.40. The van der Waals surface area contributed by atoms with Gasteiger partial charge in [0.05, 0.1) is 37.6 Å². The van der Waals surface area contributed by atoms with Gasteiger partial charge in [-0.15, -0.1) is 0 Å². The number of aryl methyl sites for hydroxylation is 2. The van der Waals surface area contributed by atoms with Crippen molar-refractivity contribution in [3.8, 4) is 17.2 Å². The summed E-state index contributed by atoms with van der Waals surface area (Å²) < 4.78 is 18.0. The molecule has 0 spiro atoms. The molecule has 0 bridgehead atoms. The molecule has 0 aliphatic heterocycles. The summed E-state index contributed by atoms with van der Waals surface area (Å²) in [7, 11) is 3.22. The zero-order valence-electron chi connectivity index (χ0n) is 20.6. The molecule has 34 heavy (non-hydrogen) atoms. The van der Waals surface area contributed by atoms with Gasteiger partial charge in [-0.25, -0.2) is 4.68 Å². The Hall–Kier alpha value is -3.03. The third kappa shape index (κ3) is 5.90. The number of carbonyl (C=O) groups excluding carboxylic acids is 1. The number of nitrogens with one attached hydrogen (secondary N) is 1. The number of rotatable bonds is 10. The highest BCUT2D eigenvalue weighted by molar-refractivity contribution is 6.31. The van der Waals surface area contributed by atoms with Crippen molar-refractivity contribution in [3.05, 3.63) is 69.5 Å². The number of hydrogen-bond donors (Lipinski definition) is 1. The van der Waals surface area contributed by atoms with E-state index in [2.05, 4.69) is 10.4 Å². The van der Waals surface area contributed by atoms with Gasteiger partial charge >= 0.3 is 0 Å². The summed E-state index contributed by atoms with van der Waals surface area (Å²) in [6, 6.07) is 11.3. The first-order chi connectivity index (χ1) is 16.2. The standard InChI is InChI=1S/C26H32ClN3O4/c1-16-7-9-21(14-23(16)27)30-19(4)22(18(3)29-30)15-26(31)28-17(2)20-8-10-24(25(13-20)33-6)34-12-11-32-5/h7-10,13-14,17H,11-12,15H2,1-6H3,(H,28,31). The summed E-state index contributed by atoms with van der Waals surface area (Å²) >= 11 is 6.30. The quantitative estimate of drug-likeness (QED) is 0.413. The molecule has 1 amide bonds. The van der Waals surface area contributed by atoms with E-state index in [1.807, 2.05) is 68.8 Å². The smallest absolute Gasteiger partial charge is 0.225 e. The molecule has 0 saturated carbocycles. The molecule has 3 aromatic rings. The molecule has 1 atom stereocenters. The Labute approximate surface area is 206 Å².